The van der Waals surface area contributed by atoms with Crippen LogP contribution in [0.25, 0.3) is 0 Å². The summed E-state index contributed by atoms with van der Waals surface area (Å²) in [5.74, 6) is -0.469. The van der Waals surface area contributed by atoms with E-state index in [1.807, 2.05) is 0 Å². The van der Waals surface area contributed by atoms with Gasteiger partial charge < -0.3 is 5.32 Å². The van der Waals surface area contributed by atoms with Gasteiger partial charge in [0.05, 0.1) is 3.79 Å². The fourth-order valence-corrected chi connectivity index (χ4v) is 6.62. The molecule has 0 bridgehead atoms. The molecule has 0 saturated carbocycles. The molecule has 0 unspecified atom stereocenters. The molecule has 1 saturated heterocycles. The van der Waals surface area contributed by atoms with E-state index >= 15 is 0 Å². The molecule has 1 aliphatic heterocycles. The first-order valence-electron chi connectivity index (χ1n) is 8.45. The summed E-state index contributed by atoms with van der Waals surface area (Å²) in [6.45, 7) is 2.09. The first kappa shape index (κ1) is 20.2. The van der Waals surface area contributed by atoms with E-state index in [4.69, 9.17) is 0 Å². The fourth-order valence-electron chi connectivity index (χ4n) is 2.98. The highest BCUT2D eigenvalue weighted by Gasteiger charge is 2.32. The van der Waals surface area contributed by atoms with Crippen molar-refractivity contribution < 1.29 is 18.0 Å². The van der Waals surface area contributed by atoms with Gasteiger partial charge in [-0.25, -0.2) is 8.42 Å². The van der Waals surface area contributed by atoms with Crippen molar-refractivity contribution in [3.05, 3.63) is 45.7 Å². The van der Waals surface area contributed by atoms with E-state index < -0.39 is 10.0 Å². The maximum absolute atomic E-state index is 12.7. The lowest BCUT2D eigenvalue weighted by Crippen LogP contribution is -2.41. The van der Waals surface area contributed by atoms with Crippen LogP contribution in [-0.4, -0.2) is 37.5 Å². The molecular formula is C18H19BrN2O4S2. The SMILES string of the molecule is CC(=O)c1cccc(NC(=O)C2CCN(S(=O)(=O)c3ccc(Br)s3)CC2)c1. The lowest BCUT2D eigenvalue weighted by atomic mass is 9.97. The molecule has 2 heterocycles. The fraction of sp³-hybridized carbons (Fsp3) is 0.333. The first-order chi connectivity index (χ1) is 12.8. The van der Waals surface area contributed by atoms with Crippen LogP contribution in [0.4, 0.5) is 5.69 Å². The van der Waals surface area contributed by atoms with Gasteiger partial charge in [0.25, 0.3) is 10.0 Å². The molecule has 1 aromatic carbocycles. The maximum Gasteiger partial charge on any atom is 0.252 e. The van der Waals surface area contributed by atoms with Crippen LogP contribution in [-0.2, 0) is 14.8 Å². The maximum atomic E-state index is 12.7. The second-order valence-corrected chi connectivity index (χ2v) is 11.0. The van der Waals surface area contributed by atoms with Crippen LogP contribution < -0.4 is 5.32 Å². The van der Waals surface area contributed by atoms with Crippen LogP contribution in [0.15, 0.2) is 44.4 Å². The molecule has 1 aliphatic rings. The smallest absolute Gasteiger partial charge is 0.252 e. The topological polar surface area (TPSA) is 83.6 Å². The van der Waals surface area contributed by atoms with Gasteiger partial charge in [-0.3, -0.25) is 9.59 Å². The summed E-state index contributed by atoms with van der Waals surface area (Å²) in [6, 6.07) is 10.1. The molecule has 1 amide bonds. The van der Waals surface area contributed by atoms with Crippen molar-refractivity contribution in [2.24, 2.45) is 5.92 Å². The predicted molar refractivity (Wildman–Crippen MR) is 109 cm³/mol. The Balaban J connectivity index is 1.61. The van der Waals surface area contributed by atoms with Gasteiger partial charge in [-0.15, -0.1) is 11.3 Å². The lowest BCUT2D eigenvalue weighted by Gasteiger charge is -2.30. The highest BCUT2D eigenvalue weighted by molar-refractivity contribution is 9.11. The molecule has 6 nitrogen and oxygen atoms in total. The molecule has 0 aliphatic carbocycles. The van der Waals surface area contributed by atoms with Crippen molar-refractivity contribution >= 4 is 54.7 Å². The zero-order valence-corrected chi connectivity index (χ0v) is 17.9. The minimum Gasteiger partial charge on any atom is -0.326 e. The Hall–Kier alpha value is -1.55. The number of thiophene rings is 1. The summed E-state index contributed by atoms with van der Waals surface area (Å²) < 4.78 is 27.8. The number of Topliss-reactive ketones (excluding diaryl/α,β-unsaturated/α-hetero) is 1. The number of halogens is 1. The van der Waals surface area contributed by atoms with E-state index in [1.54, 1.807) is 36.4 Å². The zero-order chi connectivity index (χ0) is 19.6. The molecule has 9 heteroatoms. The Labute approximate surface area is 170 Å². The van der Waals surface area contributed by atoms with Crippen LogP contribution >= 0.6 is 27.3 Å². The van der Waals surface area contributed by atoms with Gasteiger partial charge in [0.15, 0.2) is 5.78 Å². The molecular weight excluding hydrogens is 452 g/mol. The number of nitrogens with one attached hydrogen (secondary N) is 1. The number of hydrogen-bond acceptors (Lipinski definition) is 5. The molecule has 1 fully saturated rings. The Bertz CT molecular complexity index is 963. The van der Waals surface area contributed by atoms with Crippen LogP contribution in [0.5, 0.6) is 0 Å². The second-order valence-electron chi connectivity index (χ2n) is 6.36. The summed E-state index contributed by atoms with van der Waals surface area (Å²) in [6.07, 6.45) is 0.925. The van der Waals surface area contributed by atoms with Crippen LogP contribution in [0.1, 0.15) is 30.1 Å². The highest BCUT2D eigenvalue weighted by atomic mass is 79.9. The number of amides is 1. The molecule has 144 valence electrons. The van der Waals surface area contributed by atoms with Gasteiger partial charge >= 0.3 is 0 Å². The summed E-state index contributed by atoms with van der Waals surface area (Å²) in [5, 5.41) is 2.83. The highest BCUT2D eigenvalue weighted by Crippen LogP contribution is 2.31. The van der Waals surface area contributed by atoms with Crippen molar-refractivity contribution in [1.82, 2.24) is 4.31 Å². The normalized spacial score (nSPS) is 16.2. The number of carbonyl (C=O) groups is 2. The van der Waals surface area contributed by atoms with Crippen molar-refractivity contribution in [2.45, 2.75) is 24.0 Å². The first-order valence-corrected chi connectivity index (χ1v) is 11.5. The zero-order valence-electron chi connectivity index (χ0n) is 14.6. The summed E-state index contributed by atoms with van der Waals surface area (Å²) in [5.41, 5.74) is 1.11. The summed E-state index contributed by atoms with van der Waals surface area (Å²) in [4.78, 5) is 24.0. The number of piperidine rings is 1. The third-order valence-electron chi connectivity index (χ3n) is 4.50. The van der Waals surface area contributed by atoms with Gasteiger partial charge in [-0.1, -0.05) is 12.1 Å². The van der Waals surface area contributed by atoms with Gasteiger partial charge in [-0.05, 0) is 60.0 Å². The molecule has 0 spiro atoms. The number of ketones is 1. The number of sulfonamides is 1. The van der Waals surface area contributed by atoms with Gasteiger partial charge in [-0.2, -0.15) is 4.31 Å². The standard InChI is InChI=1S/C18H19BrN2O4S2/c1-12(22)14-3-2-4-15(11-14)20-18(23)13-7-9-21(10-8-13)27(24,25)17-6-5-16(19)26-17/h2-6,11,13H,7-10H2,1H3,(H,20,23). The number of rotatable bonds is 5. The third-order valence-corrected chi connectivity index (χ3v) is 8.49. The quantitative estimate of drug-likeness (QED) is 0.674. The number of nitrogens with zero attached hydrogens (tertiary/aromatic N) is 1. The Kier molecular flexibility index (Phi) is 6.15. The van der Waals surface area contributed by atoms with E-state index in [9.17, 15) is 18.0 Å². The van der Waals surface area contributed by atoms with Gasteiger partial charge in [0.1, 0.15) is 4.21 Å². The van der Waals surface area contributed by atoms with Crippen LogP contribution in [0.3, 0.4) is 0 Å². The molecule has 3 rings (SSSR count). The van der Waals surface area contributed by atoms with E-state index in [1.165, 1.54) is 22.6 Å². The average molecular weight is 471 g/mol. The number of hydrogen-bond donors (Lipinski definition) is 1. The van der Waals surface area contributed by atoms with E-state index in [-0.39, 0.29) is 17.6 Å². The summed E-state index contributed by atoms with van der Waals surface area (Å²) in [7, 11) is -3.51. The molecule has 27 heavy (non-hydrogen) atoms. The minimum absolute atomic E-state index is 0.0650. The molecule has 0 radical (unpaired) electrons. The van der Waals surface area contributed by atoms with Crippen molar-refractivity contribution in [3.8, 4) is 0 Å². The van der Waals surface area contributed by atoms with Crippen LogP contribution in [0, 0.1) is 5.92 Å². The van der Waals surface area contributed by atoms with E-state index in [2.05, 4.69) is 21.2 Å². The van der Waals surface area contributed by atoms with E-state index in [0.717, 1.165) is 3.79 Å². The van der Waals surface area contributed by atoms with Crippen LogP contribution in [0.2, 0.25) is 0 Å². The Morgan fingerprint density at radius 3 is 2.48 bits per heavy atom. The van der Waals surface area contributed by atoms with Crippen molar-refractivity contribution in [3.63, 3.8) is 0 Å². The number of benzene rings is 1. The van der Waals surface area contributed by atoms with Gasteiger partial charge in [0, 0.05) is 30.3 Å². The molecule has 2 aromatic rings. The van der Waals surface area contributed by atoms with Crippen molar-refractivity contribution in [2.75, 3.05) is 18.4 Å². The molecule has 1 N–H and O–H groups in total. The Morgan fingerprint density at radius 1 is 1.19 bits per heavy atom. The number of carbonyl (C=O) groups excluding carboxylic acids is 2. The van der Waals surface area contributed by atoms with Gasteiger partial charge in [0.2, 0.25) is 5.91 Å². The third kappa shape index (κ3) is 4.66. The monoisotopic (exact) mass is 470 g/mol. The molecule has 1 aromatic heterocycles. The minimum atomic E-state index is -3.51. The Morgan fingerprint density at radius 2 is 1.89 bits per heavy atom. The second kappa shape index (κ2) is 8.22. The number of anilines is 1. The average Bonchev–Trinajstić information content (AvgIpc) is 3.09. The molecule has 0 atom stereocenters. The van der Waals surface area contributed by atoms with Crippen molar-refractivity contribution in [1.29, 1.82) is 0 Å². The van der Waals surface area contributed by atoms with E-state index in [0.29, 0.717) is 41.4 Å². The lowest BCUT2D eigenvalue weighted by molar-refractivity contribution is -0.120. The predicted octanol–water partition coefficient (Wildman–Crippen LogP) is 3.75. The summed E-state index contributed by atoms with van der Waals surface area (Å²) >= 11 is 4.47. The largest absolute Gasteiger partial charge is 0.326 e.